The summed E-state index contributed by atoms with van der Waals surface area (Å²) in [5.41, 5.74) is -2.62. The van der Waals surface area contributed by atoms with Gasteiger partial charge in [0, 0.05) is 31.7 Å². The third kappa shape index (κ3) is 6.17. The average molecular weight is 533 g/mol. The fraction of sp³-hybridized carbons (Fsp3) is 0.522. The molecule has 2 atom stereocenters. The van der Waals surface area contributed by atoms with Gasteiger partial charge < -0.3 is 19.9 Å². The molecule has 4 rings (SSSR count). The van der Waals surface area contributed by atoms with Crippen LogP contribution in [0.4, 0.5) is 31.1 Å². The Morgan fingerprint density at radius 3 is 2.11 bits per heavy atom. The fourth-order valence-electron chi connectivity index (χ4n) is 4.52. The number of aromatic nitrogens is 2. The molecule has 37 heavy (non-hydrogen) atoms. The molecule has 0 aliphatic carbocycles. The number of hydrogen-bond donors (Lipinski definition) is 1. The van der Waals surface area contributed by atoms with Crippen molar-refractivity contribution in [2.45, 2.75) is 58.0 Å². The Labute approximate surface area is 208 Å². The van der Waals surface area contributed by atoms with Gasteiger partial charge in [0.1, 0.15) is 6.61 Å². The molecule has 2 aromatic rings. The van der Waals surface area contributed by atoms with Crippen molar-refractivity contribution < 1.29 is 40.7 Å². The van der Waals surface area contributed by atoms with E-state index in [9.17, 15) is 35.9 Å². The van der Waals surface area contributed by atoms with Crippen molar-refractivity contribution in [1.29, 1.82) is 0 Å². The standard InChI is InChI=1S/C23H25F6N5O3/c1-13-9-33(10-14(2)30-13)20(35)19-8-18-11-32(3-4-34(18)31-19)21(36)37-12-15-5-16(22(24,25)26)7-17(6-15)23(27,28)29/h5-8,13-14,30H,3-4,9-12H2,1-2H3. The molecular weight excluding hydrogens is 508 g/mol. The van der Waals surface area contributed by atoms with E-state index in [4.69, 9.17) is 4.74 Å². The summed E-state index contributed by atoms with van der Waals surface area (Å²) in [4.78, 5) is 28.4. The van der Waals surface area contributed by atoms with E-state index in [1.54, 1.807) is 15.6 Å². The minimum Gasteiger partial charge on any atom is -0.445 e. The van der Waals surface area contributed by atoms with E-state index in [0.29, 0.717) is 30.9 Å². The second kappa shape index (κ2) is 9.88. The van der Waals surface area contributed by atoms with Crippen LogP contribution in [-0.2, 0) is 36.8 Å². The molecule has 14 heteroatoms. The first-order chi connectivity index (χ1) is 17.2. The van der Waals surface area contributed by atoms with Gasteiger partial charge in [0.05, 0.1) is 29.9 Å². The maximum Gasteiger partial charge on any atom is 0.416 e. The molecule has 1 fully saturated rings. The second-order valence-electron chi connectivity index (χ2n) is 9.31. The predicted octanol–water partition coefficient (Wildman–Crippen LogP) is 3.90. The number of rotatable bonds is 3. The van der Waals surface area contributed by atoms with Crippen LogP contribution in [0.1, 0.15) is 46.7 Å². The van der Waals surface area contributed by atoms with Crippen molar-refractivity contribution in [3.63, 3.8) is 0 Å². The number of amides is 2. The first kappa shape index (κ1) is 26.8. The maximum absolute atomic E-state index is 13.1. The van der Waals surface area contributed by atoms with E-state index in [0.717, 1.165) is 0 Å². The molecule has 1 aromatic carbocycles. The van der Waals surface area contributed by atoms with E-state index < -0.39 is 41.7 Å². The molecule has 1 saturated heterocycles. The lowest BCUT2D eigenvalue weighted by Crippen LogP contribution is -2.55. The topological polar surface area (TPSA) is 79.7 Å². The van der Waals surface area contributed by atoms with E-state index >= 15 is 0 Å². The molecule has 2 aliphatic rings. The number of benzene rings is 1. The van der Waals surface area contributed by atoms with Crippen LogP contribution < -0.4 is 5.32 Å². The number of carbonyl (C=O) groups is 2. The Balaban J connectivity index is 1.41. The number of fused-ring (bicyclic) bond motifs is 1. The molecule has 3 heterocycles. The first-order valence-corrected chi connectivity index (χ1v) is 11.5. The molecule has 2 unspecified atom stereocenters. The molecule has 0 spiro atoms. The highest BCUT2D eigenvalue weighted by molar-refractivity contribution is 5.92. The van der Waals surface area contributed by atoms with Gasteiger partial charge in [-0.3, -0.25) is 9.48 Å². The number of ether oxygens (including phenoxy) is 1. The maximum atomic E-state index is 13.1. The smallest absolute Gasteiger partial charge is 0.416 e. The molecule has 1 N–H and O–H groups in total. The summed E-state index contributed by atoms with van der Waals surface area (Å²) in [6.45, 7) is 4.62. The van der Waals surface area contributed by atoms with Crippen molar-refractivity contribution in [3.8, 4) is 0 Å². The SMILES string of the molecule is CC1CN(C(=O)c2cc3n(n2)CCN(C(=O)OCc2cc(C(F)(F)F)cc(C(F)(F)F)c2)C3)CC(C)N1. The van der Waals surface area contributed by atoms with Crippen LogP contribution in [0.5, 0.6) is 0 Å². The van der Waals surface area contributed by atoms with Crippen molar-refractivity contribution >= 4 is 12.0 Å². The Bertz CT molecular complexity index is 1140. The van der Waals surface area contributed by atoms with E-state index in [2.05, 4.69) is 10.4 Å². The highest BCUT2D eigenvalue weighted by Crippen LogP contribution is 2.36. The summed E-state index contributed by atoms with van der Waals surface area (Å²) in [6, 6.07) is 2.87. The zero-order chi connectivity index (χ0) is 27.1. The summed E-state index contributed by atoms with van der Waals surface area (Å²) in [5.74, 6) is -0.235. The van der Waals surface area contributed by atoms with Crippen LogP contribution in [0.15, 0.2) is 24.3 Å². The molecule has 2 amide bonds. The molecule has 1 aromatic heterocycles. The van der Waals surface area contributed by atoms with Crippen molar-refractivity contribution in [1.82, 2.24) is 24.9 Å². The van der Waals surface area contributed by atoms with Gasteiger partial charge in [-0.2, -0.15) is 31.4 Å². The van der Waals surface area contributed by atoms with Crippen molar-refractivity contribution in [3.05, 3.63) is 52.3 Å². The fourth-order valence-corrected chi connectivity index (χ4v) is 4.52. The average Bonchev–Trinajstić information content (AvgIpc) is 3.23. The van der Waals surface area contributed by atoms with Crippen LogP contribution in [-0.4, -0.2) is 63.3 Å². The van der Waals surface area contributed by atoms with Crippen LogP contribution in [0, 0.1) is 0 Å². The highest BCUT2D eigenvalue weighted by atomic mass is 19.4. The van der Waals surface area contributed by atoms with Crippen LogP contribution >= 0.6 is 0 Å². The number of piperazine rings is 1. The Hall–Kier alpha value is -3.29. The number of nitrogens with one attached hydrogen (secondary N) is 1. The lowest BCUT2D eigenvalue weighted by molar-refractivity contribution is -0.143. The number of nitrogens with zero attached hydrogens (tertiary/aromatic N) is 4. The second-order valence-corrected chi connectivity index (χ2v) is 9.31. The first-order valence-electron chi connectivity index (χ1n) is 11.5. The predicted molar refractivity (Wildman–Crippen MR) is 117 cm³/mol. The van der Waals surface area contributed by atoms with Gasteiger partial charge in [-0.25, -0.2) is 4.79 Å². The minimum atomic E-state index is -5.00. The lowest BCUT2D eigenvalue weighted by atomic mass is 10.1. The third-order valence-corrected chi connectivity index (χ3v) is 6.13. The van der Waals surface area contributed by atoms with E-state index in [1.165, 1.54) is 4.90 Å². The van der Waals surface area contributed by atoms with Crippen molar-refractivity contribution in [2.24, 2.45) is 0 Å². The summed E-state index contributed by atoms with van der Waals surface area (Å²) >= 11 is 0. The van der Waals surface area contributed by atoms with Crippen LogP contribution in [0.25, 0.3) is 0 Å². The molecule has 202 valence electrons. The summed E-state index contributed by atoms with van der Waals surface area (Å²) in [5, 5.41) is 7.68. The Morgan fingerprint density at radius 2 is 1.54 bits per heavy atom. The highest BCUT2D eigenvalue weighted by Gasteiger charge is 2.37. The van der Waals surface area contributed by atoms with Gasteiger partial charge in [0.2, 0.25) is 0 Å². The lowest BCUT2D eigenvalue weighted by Gasteiger charge is -2.35. The molecule has 0 radical (unpaired) electrons. The van der Waals surface area contributed by atoms with Gasteiger partial charge in [0.25, 0.3) is 5.91 Å². The number of halogens is 6. The third-order valence-electron chi connectivity index (χ3n) is 6.13. The van der Waals surface area contributed by atoms with Gasteiger partial charge in [0.15, 0.2) is 5.69 Å². The van der Waals surface area contributed by atoms with E-state index in [-0.39, 0.29) is 49.4 Å². The van der Waals surface area contributed by atoms with Crippen molar-refractivity contribution in [2.75, 3.05) is 19.6 Å². The monoisotopic (exact) mass is 533 g/mol. The summed E-state index contributed by atoms with van der Waals surface area (Å²) in [6.07, 6.45) is -10.9. The largest absolute Gasteiger partial charge is 0.445 e. The Morgan fingerprint density at radius 1 is 0.946 bits per heavy atom. The van der Waals surface area contributed by atoms with Gasteiger partial charge in [-0.05, 0) is 43.7 Å². The Kier molecular flexibility index (Phi) is 7.14. The van der Waals surface area contributed by atoms with Crippen LogP contribution in [0.2, 0.25) is 0 Å². The molecule has 8 nitrogen and oxygen atoms in total. The molecular formula is C23H25F6N5O3. The molecule has 0 saturated carbocycles. The quantitative estimate of drug-likeness (QED) is 0.606. The zero-order valence-corrected chi connectivity index (χ0v) is 20.0. The summed E-state index contributed by atoms with van der Waals surface area (Å²) in [7, 11) is 0. The number of carbonyl (C=O) groups excluding carboxylic acids is 2. The molecule has 2 aliphatic heterocycles. The zero-order valence-electron chi connectivity index (χ0n) is 20.0. The van der Waals surface area contributed by atoms with Crippen LogP contribution in [0.3, 0.4) is 0 Å². The number of hydrogen-bond acceptors (Lipinski definition) is 5. The van der Waals surface area contributed by atoms with Gasteiger partial charge >= 0.3 is 18.4 Å². The normalized spacial score (nSPS) is 20.5. The van der Waals surface area contributed by atoms with Gasteiger partial charge in [-0.1, -0.05) is 0 Å². The molecule has 0 bridgehead atoms. The summed E-state index contributed by atoms with van der Waals surface area (Å²) < 4.78 is 85.0. The van der Waals surface area contributed by atoms with Gasteiger partial charge in [-0.15, -0.1) is 0 Å². The minimum absolute atomic E-state index is 0.0116. The van der Waals surface area contributed by atoms with E-state index in [1.807, 2.05) is 13.8 Å². The number of alkyl halides is 6.